The summed E-state index contributed by atoms with van der Waals surface area (Å²) in [6.45, 7) is 0.402. The van der Waals surface area contributed by atoms with E-state index in [1.807, 2.05) is 0 Å². The summed E-state index contributed by atoms with van der Waals surface area (Å²) in [4.78, 5) is 45.4. The van der Waals surface area contributed by atoms with Gasteiger partial charge < -0.3 is 14.2 Å². The van der Waals surface area contributed by atoms with E-state index in [-0.39, 0.29) is 65.7 Å². The number of fused-ring (bicyclic) bond motifs is 3. The number of nitro groups is 2. The Morgan fingerprint density at radius 3 is 1.77 bits per heavy atom. The Morgan fingerprint density at radius 1 is 0.800 bits per heavy atom. The van der Waals surface area contributed by atoms with E-state index in [4.69, 9.17) is 14.2 Å². The zero-order chi connectivity index (χ0) is 24.7. The van der Waals surface area contributed by atoms with Crippen molar-refractivity contribution in [3.05, 3.63) is 79.9 Å². The lowest BCUT2D eigenvalue weighted by molar-refractivity contribution is -0.385. The van der Waals surface area contributed by atoms with Crippen LogP contribution in [0.25, 0.3) is 0 Å². The van der Waals surface area contributed by atoms with Gasteiger partial charge in [-0.25, -0.2) is 9.59 Å². The Hall–Kier alpha value is -3.86. The van der Waals surface area contributed by atoms with Gasteiger partial charge in [0.05, 0.1) is 46.4 Å². The van der Waals surface area contributed by atoms with Crippen molar-refractivity contribution >= 4 is 23.3 Å². The summed E-state index contributed by atoms with van der Waals surface area (Å²) in [5.74, 6) is -0.414. The molecule has 11 heteroatoms. The normalized spacial score (nSPS) is 28.0. The molecule has 2 saturated carbocycles. The monoisotopic (exact) mass is 482 g/mol. The quantitative estimate of drug-likeness (QED) is 0.238. The highest BCUT2D eigenvalue weighted by Gasteiger charge is 2.62. The zero-order valence-corrected chi connectivity index (χ0v) is 18.5. The van der Waals surface area contributed by atoms with Gasteiger partial charge in [0.15, 0.2) is 0 Å². The number of non-ortho nitro benzene ring substituents is 2. The van der Waals surface area contributed by atoms with E-state index >= 15 is 0 Å². The molecule has 0 radical (unpaired) electrons. The molecule has 0 spiro atoms. The highest BCUT2D eigenvalue weighted by molar-refractivity contribution is 5.90. The molecule has 0 bridgehead atoms. The fourth-order valence-corrected chi connectivity index (χ4v) is 5.54. The van der Waals surface area contributed by atoms with E-state index in [0.717, 1.165) is 6.42 Å². The van der Waals surface area contributed by atoms with Crippen LogP contribution in [0.2, 0.25) is 0 Å². The molecular formula is C24H22N2O9. The second kappa shape index (κ2) is 9.06. The molecule has 0 aromatic heterocycles. The van der Waals surface area contributed by atoms with Gasteiger partial charge in [0.1, 0.15) is 0 Å². The third-order valence-corrected chi connectivity index (χ3v) is 7.24. The molecular weight excluding hydrogens is 460 g/mol. The van der Waals surface area contributed by atoms with Gasteiger partial charge in [0.2, 0.25) is 0 Å². The fraction of sp³-hybridized carbons (Fsp3) is 0.417. The first kappa shape index (κ1) is 22.9. The van der Waals surface area contributed by atoms with E-state index in [2.05, 4.69) is 0 Å². The maximum atomic E-state index is 12.5. The third-order valence-electron chi connectivity index (χ3n) is 7.24. The first-order valence-corrected chi connectivity index (χ1v) is 11.3. The van der Waals surface area contributed by atoms with Gasteiger partial charge in [-0.2, -0.15) is 0 Å². The minimum Gasteiger partial charge on any atom is -0.462 e. The first-order chi connectivity index (χ1) is 16.8. The molecule has 2 aliphatic carbocycles. The Bertz CT molecular complexity index is 1160. The number of hydrogen-bond acceptors (Lipinski definition) is 9. The maximum absolute atomic E-state index is 12.5. The lowest BCUT2D eigenvalue weighted by Gasteiger charge is -2.21. The van der Waals surface area contributed by atoms with Crippen LogP contribution in [-0.4, -0.2) is 47.2 Å². The molecule has 5 rings (SSSR count). The van der Waals surface area contributed by atoms with Crippen LogP contribution in [0.3, 0.4) is 0 Å². The molecule has 0 N–H and O–H groups in total. The van der Waals surface area contributed by atoms with E-state index in [0.29, 0.717) is 12.3 Å². The smallest absolute Gasteiger partial charge is 0.338 e. The van der Waals surface area contributed by atoms with Crippen molar-refractivity contribution in [3.63, 3.8) is 0 Å². The van der Waals surface area contributed by atoms with Gasteiger partial charge in [0.25, 0.3) is 11.4 Å². The minimum atomic E-state index is -0.546. The molecule has 1 heterocycles. The van der Waals surface area contributed by atoms with Crippen molar-refractivity contribution in [3.8, 4) is 0 Å². The van der Waals surface area contributed by atoms with Gasteiger partial charge in [-0.15, -0.1) is 0 Å². The molecule has 11 nitrogen and oxygen atoms in total. The summed E-state index contributed by atoms with van der Waals surface area (Å²) in [5.41, 5.74) is 0.285. The van der Waals surface area contributed by atoms with Crippen LogP contribution in [0.5, 0.6) is 0 Å². The van der Waals surface area contributed by atoms with Crippen LogP contribution in [0.4, 0.5) is 11.4 Å². The average Bonchev–Trinajstić information content (AvgIpc) is 3.38. The predicted octanol–water partition coefficient (Wildman–Crippen LogP) is 3.56. The Kier molecular flexibility index (Phi) is 5.93. The Balaban J connectivity index is 1.17. The van der Waals surface area contributed by atoms with Crippen molar-refractivity contribution in [1.29, 1.82) is 0 Å². The van der Waals surface area contributed by atoms with E-state index in [1.165, 1.54) is 48.5 Å². The first-order valence-electron chi connectivity index (χ1n) is 11.3. The highest BCUT2D eigenvalue weighted by atomic mass is 16.6. The van der Waals surface area contributed by atoms with Crippen LogP contribution >= 0.6 is 0 Å². The number of nitrogens with zero attached hydrogens (tertiary/aromatic N) is 2. The third kappa shape index (κ3) is 4.59. The molecule has 2 aromatic rings. The van der Waals surface area contributed by atoms with Crippen LogP contribution in [0.1, 0.15) is 33.6 Å². The molecule has 6 atom stereocenters. The average molecular weight is 482 g/mol. The lowest BCUT2D eigenvalue weighted by Crippen LogP contribution is -2.23. The molecule has 3 fully saturated rings. The molecule has 1 saturated heterocycles. The number of rotatable bonds is 8. The summed E-state index contributed by atoms with van der Waals surface area (Å²) >= 11 is 0. The summed E-state index contributed by atoms with van der Waals surface area (Å²) in [7, 11) is 0. The van der Waals surface area contributed by atoms with Gasteiger partial charge in [-0.1, -0.05) is 0 Å². The van der Waals surface area contributed by atoms with Crippen LogP contribution in [-0.2, 0) is 14.2 Å². The molecule has 1 aliphatic heterocycles. The second-order valence-electron chi connectivity index (χ2n) is 9.18. The van der Waals surface area contributed by atoms with Crippen molar-refractivity contribution < 1.29 is 33.6 Å². The van der Waals surface area contributed by atoms with Crippen molar-refractivity contribution in [2.45, 2.75) is 25.0 Å². The van der Waals surface area contributed by atoms with E-state index in [9.17, 15) is 29.8 Å². The van der Waals surface area contributed by atoms with Gasteiger partial charge in [0, 0.05) is 24.3 Å². The molecule has 2 aromatic carbocycles. The standard InChI is InChI=1S/C24H22N2O9/c27-23(13-1-5-17(6-2-13)25(29)30)33-11-15-9-16(21-19(15)10-20-22(21)35-20)12-34-24(28)14-3-7-18(8-4-14)26(31)32/h1-8,15-16,19-22H,9-12H2/t15-,16+,19+,20-,21-,22-/m1/s1. The van der Waals surface area contributed by atoms with Crippen molar-refractivity contribution in [2.24, 2.45) is 23.7 Å². The summed E-state index contributed by atoms with van der Waals surface area (Å²) in [6.07, 6.45) is 1.93. The molecule has 0 amide bonds. The van der Waals surface area contributed by atoms with Gasteiger partial charge >= 0.3 is 11.9 Å². The van der Waals surface area contributed by atoms with Crippen molar-refractivity contribution in [2.75, 3.05) is 13.2 Å². The number of carbonyl (C=O) groups excluding carboxylic acids is 2. The number of carbonyl (C=O) groups is 2. The van der Waals surface area contributed by atoms with Crippen LogP contribution < -0.4 is 0 Å². The largest absolute Gasteiger partial charge is 0.462 e. The Morgan fingerprint density at radius 2 is 1.29 bits per heavy atom. The summed E-state index contributed by atoms with van der Waals surface area (Å²) < 4.78 is 16.8. The van der Waals surface area contributed by atoms with Crippen LogP contribution in [0, 0.1) is 43.9 Å². The number of hydrogen-bond donors (Lipinski definition) is 0. The van der Waals surface area contributed by atoms with Gasteiger partial charge in [-0.3, -0.25) is 20.2 Å². The molecule has 182 valence electrons. The zero-order valence-electron chi connectivity index (χ0n) is 18.5. The number of benzene rings is 2. The minimum absolute atomic E-state index is 0.0579. The molecule has 35 heavy (non-hydrogen) atoms. The number of nitro benzene ring substituents is 2. The predicted molar refractivity (Wildman–Crippen MR) is 119 cm³/mol. The van der Waals surface area contributed by atoms with E-state index in [1.54, 1.807) is 0 Å². The fourth-order valence-electron chi connectivity index (χ4n) is 5.54. The summed E-state index contributed by atoms with van der Waals surface area (Å²) in [6, 6.07) is 10.5. The van der Waals surface area contributed by atoms with Crippen molar-refractivity contribution in [1.82, 2.24) is 0 Å². The highest BCUT2D eigenvalue weighted by Crippen LogP contribution is 2.58. The van der Waals surface area contributed by atoms with Crippen LogP contribution in [0.15, 0.2) is 48.5 Å². The maximum Gasteiger partial charge on any atom is 0.338 e. The second-order valence-corrected chi connectivity index (χ2v) is 9.18. The molecule has 3 aliphatic rings. The topological polar surface area (TPSA) is 151 Å². The number of esters is 2. The number of ether oxygens (including phenoxy) is 3. The SMILES string of the molecule is O=C(OC[C@H]1C[C@@H](COC(=O)c2ccc([N+](=O)[O-])cc2)[C@@H]2[C@H]1C[C@H]1O[C@@H]21)c1ccc([N+](=O)[O-])cc1. The molecule has 0 unspecified atom stereocenters. The number of epoxide rings is 1. The summed E-state index contributed by atoms with van der Waals surface area (Å²) in [5, 5.41) is 21.6. The lowest BCUT2D eigenvalue weighted by atomic mass is 9.89. The van der Waals surface area contributed by atoms with E-state index < -0.39 is 21.8 Å². The van der Waals surface area contributed by atoms with Gasteiger partial charge in [-0.05, 0) is 60.8 Å². The Labute approximate surface area is 199 Å².